The third-order valence-corrected chi connectivity index (χ3v) is 4.86. The maximum atomic E-state index is 11.5. The Kier molecular flexibility index (Phi) is 6.47. The van der Waals surface area contributed by atoms with Crippen LogP contribution in [0.4, 0.5) is 11.5 Å². The van der Waals surface area contributed by atoms with Gasteiger partial charge >= 0.3 is 5.97 Å². The number of aryl methyl sites for hydroxylation is 1. The fourth-order valence-electron chi connectivity index (χ4n) is 3.18. The van der Waals surface area contributed by atoms with Crippen LogP contribution < -0.4 is 10.6 Å². The van der Waals surface area contributed by atoms with Gasteiger partial charge in [0.2, 0.25) is 0 Å². The molecule has 2 aromatic rings. The van der Waals surface area contributed by atoms with Crippen molar-refractivity contribution >= 4 is 35.2 Å². The van der Waals surface area contributed by atoms with E-state index in [1.54, 1.807) is 0 Å². The largest absolute Gasteiger partial charge is 0.478 e. The molecule has 0 aliphatic heterocycles. The van der Waals surface area contributed by atoms with Gasteiger partial charge in [0.05, 0.1) is 28.5 Å². The number of allylic oxidation sites excluding steroid dienone is 1. The highest BCUT2D eigenvalue weighted by Crippen LogP contribution is 2.31. The van der Waals surface area contributed by atoms with Crippen molar-refractivity contribution < 1.29 is 9.90 Å². The van der Waals surface area contributed by atoms with Crippen molar-refractivity contribution in [3.05, 3.63) is 41.4 Å². The van der Waals surface area contributed by atoms with E-state index in [-0.39, 0.29) is 10.9 Å². The molecule has 0 aromatic carbocycles. The third kappa shape index (κ3) is 4.67. The summed E-state index contributed by atoms with van der Waals surface area (Å²) in [6.45, 7) is 1.82. The first-order chi connectivity index (χ1) is 13.1. The number of alkyl halides is 1. The summed E-state index contributed by atoms with van der Waals surface area (Å²) in [5.41, 5.74) is 2.62. The number of nitrogens with one attached hydrogen (secondary N) is 2. The van der Waals surface area contributed by atoms with Crippen LogP contribution in [0.3, 0.4) is 0 Å². The standard InChI is InChI=1S/C19H24ClN5O2/c1-21-8-3-2-4-10-25-17-6-5-13(20)11-15(17)18(24-25)23-16-12-22-9-7-14(16)19(26)27/h5-7,9,12-13,21H,2-4,8,10-11H2,1H3,(H,23,24)(H,26,27). The fourth-order valence-corrected chi connectivity index (χ4v) is 3.40. The molecule has 1 aliphatic carbocycles. The number of halogens is 1. The molecule has 1 atom stereocenters. The summed E-state index contributed by atoms with van der Waals surface area (Å²) < 4.78 is 1.98. The molecule has 7 nitrogen and oxygen atoms in total. The number of rotatable bonds is 9. The predicted octanol–water partition coefficient (Wildman–Crippen LogP) is 3.29. The second-order valence-corrected chi connectivity index (χ2v) is 7.09. The molecule has 0 radical (unpaired) electrons. The van der Waals surface area contributed by atoms with Gasteiger partial charge in [0.1, 0.15) is 0 Å². The lowest BCUT2D eigenvalue weighted by atomic mass is 10.0. The minimum absolute atomic E-state index is 0.0980. The van der Waals surface area contributed by atoms with Crippen molar-refractivity contribution in [3.8, 4) is 0 Å². The maximum Gasteiger partial charge on any atom is 0.337 e. The molecule has 0 bridgehead atoms. The van der Waals surface area contributed by atoms with Gasteiger partial charge in [0.15, 0.2) is 5.82 Å². The second kappa shape index (κ2) is 9.01. The Hall–Kier alpha value is -2.38. The quantitative estimate of drug-likeness (QED) is 0.450. The van der Waals surface area contributed by atoms with Gasteiger partial charge < -0.3 is 15.7 Å². The molecule has 0 saturated carbocycles. The van der Waals surface area contributed by atoms with E-state index in [4.69, 9.17) is 16.7 Å². The zero-order valence-corrected chi connectivity index (χ0v) is 16.0. The van der Waals surface area contributed by atoms with Crippen LogP contribution in [0.5, 0.6) is 0 Å². The normalized spacial score (nSPS) is 15.6. The lowest BCUT2D eigenvalue weighted by molar-refractivity contribution is 0.0698. The smallest absolute Gasteiger partial charge is 0.337 e. The molecule has 3 N–H and O–H groups in total. The number of hydrogen-bond acceptors (Lipinski definition) is 5. The number of fused-ring (bicyclic) bond motifs is 1. The Morgan fingerprint density at radius 3 is 3.04 bits per heavy atom. The maximum absolute atomic E-state index is 11.5. The molecule has 8 heteroatoms. The summed E-state index contributed by atoms with van der Waals surface area (Å²) >= 11 is 6.31. The molecule has 1 unspecified atom stereocenters. The molecule has 2 heterocycles. The van der Waals surface area contributed by atoms with Crippen molar-refractivity contribution in [1.82, 2.24) is 20.1 Å². The lowest BCUT2D eigenvalue weighted by Crippen LogP contribution is -2.10. The second-order valence-electron chi connectivity index (χ2n) is 6.53. The van der Waals surface area contributed by atoms with Gasteiger partial charge in [-0.05, 0) is 45.0 Å². The molecule has 1 aliphatic rings. The van der Waals surface area contributed by atoms with Crippen LogP contribution in [-0.2, 0) is 13.0 Å². The molecule has 0 saturated heterocycles. The highest BCUT2D eigenvalue weighted by molar-refractivity contribution is 6.22. The van der Waals surface area contributed by atoms with Crippen molar-refractivity contribution in [1.29, 1.82) is 0 Å². The van der Waals surface area contributed by atoms with Gasteiger partial charge in [0.25, 0.3) is 0 Å². The van der Waals surface area contributed by atoms with Crippen LogP contribution in [-0.4, -0.2) is 44.8 Å². The SMILES string of the molecule is CNCCCCCn1nc(Nc2cnccc2C(=O)O)c2c1C=CC(Cl)C2. The van der Waals surface area contributed by atoms with E-state index in [0.717, 1.165) is 43.6 Å². The van der Waals surface area contributed by atoms with Crippen LogP contribution >= 0.6 is 11.6 Å². The van der Waals surface area contributed by atoms with E-state index in [2.05, 4.69) is 15.6 Å². The average Bonchev–Trinajstić information content (AvgIpc) is 2.98. The minimum atomic E-state index is -1.01. The average molecular weight is 390 g/mol. The minimum Gasteiger partial charge on any atom is -0.478 e. The van der Waals surface area contributed by atoms with Crippen molar-refractivity contribution in [3.63, 3.8) is 0 Å². The summed E-state index contributed by atoms with van der Waals surface area (Å²) in [5.74, 6) is -0.362. The van der Waals surface area contributed by atoms with Crippen LogP contribution in [0.1, 0.15) is 40.9 Å². The number of nitrogens with zero attached hydrogens (tertiary/aromatic N) is 3. The zero-order chi connectivity index (χ0) is 19.2. The monoisotopic (exact) mass is 389 g/mol. The van der Waals surface area contributed by atoms with E-state index in [0.29, 0.717) is 17.9 Å². The zero-order valence-electron chi connectivity index (χ0n) is 15.3. The highest BCUT2D eigenvalue weighted by Gasteiger charge is 2.23. The number of carbonyl (C=O) groups is 1. The van der Waals surface area contributed by atoms with Gasteiger partial charge in [-0.25, -0.2) is 4.79 Å². The third-order valence-electron chi connectivity index (χ3n) is 4.56. The molecule has 27 heavy (non-hydrogen) atoms. The summed E-state index contributed by atoms with van der Waals surface area (Å²) in [5, 5.41) is 20.3. The Labute approximate surface area is 163 Å². The van der Waals surface area contributed by atoms with E-state index in [1.807, 2.05) is 23.9 Å². The van der Waals surface area contributed by atoms with Crippen LogP contribution in [0, 0.1) is 0 Å². The summed E-state index contributed by atoms with van der Waals surface area (Å²) in [7, 11) is 1.96. The van der Waals surface area contributed by atoms with Gasteiger partial charge in [-0.2, -0.15) is 5.10 Å². The van der Waals surface area contributed by atoms with Crippen molar-refractivity contribution in [2.24, 2.45) is 0 Å². The number of pyridine rings is 1. The van der Waals surface area contributed by atoms with Crippen LogP contribution in [0.25, 0.3) is 6.08 Å². The first-order valence-corrected chi connectivity index (χ1v) is 9.54. The first kappa shape index (κ1) is 19.4. The molecule has 3 rings (SSSR count). The van der Waals surface area contributed by atoms with Gasteiger partial charge in [-0.1, -0.05) is 12.5 Å². The Balaban J connectivity index is 1.83. The van der Waals surface area contributed by atoms with E-state index < -0.39 is 5.97 Å². The van der Waals surface area contributed by atoms with Crippen LogP contribution in [0.15, 0.2) is 24.5 Å². The number of aromatic carboxylic acids is 1. The Morgan fingerprint density at radius 2 is 2.26 bits per heavy atom. The molecular formula is C19H24ClN5O2. The van der Waals surface area contributed by atoms with E-state index >= 15 is 0 Å². The van der Waals surface area contributed by atoms with E-state index in [1.165, 1.54) is 18.5 Å². The van der Waals surface area contributed by atoms with Gasteiger partial charge in [0, 0.05) is 18.3 Å². The number of hydrogen-bond donors (Lipinski definition) is 3. The molecular weight excluding hydrogens is 366 g/mol. The molecule has 144 valence electrons. The molecule has 0 amide bonds. The van der Waals surface area contributed by atoms with Crippen LogP contribution in [0.2, 0.25) is 0 Å². The van der Waals surface area contributed by atoms with Gasteiger partial charge in [-0.15, -0.1) is 11.6 Å². The number of aromatic nitrogens is 3. The number of carboxylic acids is 1. The Morgan fingerprint density at radius 1 is 1.41 bits per heavy atom. The number of carboxylic acid groups (broad SMARTS) is 1. The van der Waals surface area contributed by atoms with Crippen molar-refractivity contribution in [2.75, 3.05) is 18.9 Å². The topological polar surface area (TPSA) is 92.1 Å². The first-order valence-electron chi connectivity index (χ1n) is 9.11. The molecule has 0 spiro atoms. The summed E-state index contributed by atoms with van der Waals surface area (Å²) in [6.07, 6.45) is 10.9. The summed E-state index contributed by atoms with van der Waals surface area (Å²) in [6, 6.07) is 1.47. The number of anilines is 2. The Bertz CT molecular complexity index is 834. The fraction of sp³-hybridized carbons (Fsp3) is 0.421. The highest BCUT2D eigenvalue weighted by atomic mass is 35.5. The van der Waals surface area contributed by atoms with E-state index in [9.17, 15) is 9.90 Å². The number of unbranched alkanes of at least 4 members (excludes halogenated alkanes) is 2. The predicted molar refractivity (Wildman–Crippen MR) is 107 cm³/mol. The molecule has 0 fully saturated rings. The van der Waals surface area contributed by atoms with Gasteiger partial charge in [-0.3, -0.25) is 9.67 Å². The molecule has 2 aromatic heterocycles. The lowest BCUT2D eigenvalue weighted by Gasteiger charge is -2.13. The summed E-state index contributed by atoms with van der Waals surface area (Å²) in [4.78, 5) is 15.5. The van der Waals surface area contributed by atoms with Crippen molar-refractivity contribution in [2.45, 2.75) is 37.6 Å².